The van der Waals surface area contributed by atoms with Gasteiger partial charge in [-0.3, -0.25) is 4.79 Å². The molecular formula is C19H17NO2S. The number of rotatable bonds is 1. The second-order valence-electron chi connectivity index (χ2n) is 6.17. The van der Waals surface area contributed by atoms with Gasteiger partial charge in [0, 0.05) is 39.2 Å². The number of thioether (sulfide) groups is 1. The highest BCUT2D eigenvalue weighted by Crippen LogP contribution is 2.48. The molecule has 2 aromatic carbocycles. The van der Waals surface area contributed by atoms with Crippen molar-refractivity contribution < 1.29 is 9.90 Å². The van der Waals surface area contributed by atoms with E-state index >= 15 is 0 Å². The molecule has 1 aliphatic rings. The lowest BCUT2D eigenvalue weighted by Gasteiger charge is -2.25. The number of H-pyrrole nitrogens is 1. The Bertz CT molecular complexity index is 942. The third kappa shape index (κ3) is 2.34. The zero-order valence-electron chi connectivity index (χ0n) is 13.0. The molecule has 3 aromatic rings. The number of benzene rings is 2. The van der Waals surface area contributed by atoms with E-state index in [4.69, 9.17) is 0 Å². The summed E-state index contributed by atoms with van der Waals surface area (Å²) in [6.07, 6.45) is 2.45. The number of aryl methyl sites for hydroxylation is 2. The maximum Gasteiger partial charge on any atom is 0.165 e. The minimum absolute atomic E-state index is 0.0759. The average Bonchev–Trinajstić information content (AvgIpc) is 2.91. The van der Waals surface area contributed by atoms with Gasteiger partial charge in [-0.1, -0.05) is 11.6 Å². The standard InChI is InChI=1S/C19H17NO2S/c1-10-5-11(2)19-14(6-10)17(22)8-18(23-19)15-9-20-16-4-3-12(21)7-13(15)16/h3-7,9,18,20-21H,8H2,1-2H3. The fourth-order valence-corrected chi connectivity index (χ4v) is 4.74. The molecule has 0 saturated carbocycles. The highest BCUT2D eigenvalue weighted by atomic mass is 32.2. The second kappa shape index (κ2) is 5.17. The van der Waals surface area contributed by atoms with Crippen molar-refractivity contribution in [1.29, 1.82) is 0 Å². The van der Waals surface area contributed by atoms with Crippen LogP contribution < -0.4 is 0 Å². The second-order valence-corrected chi connectivity index (χ2v) is 7.38. The molecule has 0 saturated heterocycles. The van der Waals surface area contributed by atoms with Crippen molar-refractivity contribution in [3.8, 4) is 5.75 Å². The van der Waals surface area contributed by atoms with Gasteiger partial charge in [0.2, 0.25) is 0 Å². The third-order valence-electron chi connectivity index (χ3n) is 4.39. The zero-order valence-corrected chi connectivity index (χ0v) is 13.8. The summed E-state index contributed by atoms with van der Waals surface area (Å²) in [7, 11) is 0. The largest absolute Gasteiger partial charge is 0.508 e. The molecular weight excluding hydrogens is 306 g/mol. The molecule has 0 aliphatic carbocycles. The van der Waals surface area contributed by atoms with E-state index in [-0.39, 0.29) is 16.8 Å². The molecule has 3 nitrogen and oxygen atoms in total. The minimum atomic E-state index is 0.0759. The predicted octanol–water partition coefficient (Wildman–Crippen LogP) is 4.91. The number of hydrogen-bond acceptors (Lipinski definition) is 3. The van der Waals surface area contributed by atoms with Gasteiger partial charge in [-0.25, -0.2) is 0 Å². The summed E-state index contributed by atoms with van der Waals surface area (Å²) in [6.45, 7) is 4.09. The first kappa shape index (κ1) is 14.4. The molecule has 2 N–H and O–H groups in total. The maximum absolute atomic E-state index is 12.6. The topological polar surface area (TPSA) is 53.1 Å². The van der Waals surface area contributed by atoms with Gasteiger partial charge in [-0.15, -0.1) is 11.8 Å². The Labute approximate surface area is 138 Å². The molecule has 1 unspecified atom stereocenters. The van der Waals surface area contributed by atoms with Crippen LogP contribution in [0.4, 0.5) is 0 Å². The monoisotopic (exact) mass is 323 g/mol. The number of nitrogens with one attached hydrogen (secondary N) is 1. The lowest BCUT2D eigenvalue weighted by molar-refractivity contribution is 0.0976. The predicted molar refractivity (Wildman–Crippen MR) is 93.4 cm³/mol. The molecule has 0 bridgehead atoms. The molecule has 1 aliphatic heterocycles. The van der Waals surface area contributed by atoms with Crippen molar-refractivity contribution in [2.75, 3.05) is 0 Å². The van der Waals surface area contributed by atoms with E-state index in [0.29, 0.717) is 6.42 Å². The number of aromatic nitrogens is 1. The third-order valence-corrected chi connectivity index (χ3v) is 5.88. The van der Waals surface area contributed by atoms with Crippen LogP contribution in [0.2, 0.25) is 0 Å². The summed E-state index contributed by atoms with van der Waals surface area (Å²) < 4.78 is 0. The van der Waals surface area contributed by atoms with Crippen LogP contribution in [-0.2, 0) is 0 Å². The summed E-state index contributed by atoms with van der Waals surface area (Å²) in [5, 5.41) is 10.8. The normalized spacial score (nSPS) is 17.5. The van der Waals surface area contributed by atoms with Gasteiger partial charge in [0.15, 0.2) is 5.78 Å². The van der Waals surface area contributed by atoms with E-state index in [1.54, 1.807) is 23.9 Å². The van der Waals surface area contributed by atoms with Crippen molar-refractivity contribution in [3.63, 3.8) is 0 Å². The van der Waals surface area contributed by atoms with Crippen LogP contribution in [0.15, 0.2) is 41.4 Å². The van der Waals surface area contributed by atoms with Crippen molar-refractivity contribution in [2.45, 2.75) is 30.4 Å². The van der Waals surface area contributed by atoms with Crippen LogP contribution in [0, 0.1) is 13.8 Å². The lowest BCUT2D eigenvalue weighted by atomic mass is 9.98. The molecule has 0 spiro atoms. The van der Waals surface area contributed by atoms with Crippen molar-refractivity contribution in [1.82, 2.24) is 4.98 Å². The van der Waals surface area contributed by atoms with Crippen LogP contribution in [-0.4, -0.2) is 15.9 Å². The number of phenolic OH excluding ortho intramolecular Hbond substituents is 1. The number of carbonyl (C=O) groups excluding carboxylic acids is 1. The Kier molecular flexibility index (Phi) is 3.23. The quantitative estimate of drug-likeness (QED) is 0.669. The Balaban J connectivity index is 1.82. The van der Waals surface area contributed by atoms with Crippen LogP contribution in [0.25, 0.3) is 10.9 Å². The smallest absolute Gasteiger partial charge is 0.165 e. The van der Waals surface area contributed by atoms with Crippen molar-refractivity contribution >= 4 is 28.4 Å². The highest BCUT2D eigenvalue weighted by molar-refractivity contribution is 7.99. The summed E-state index contributed by atoms with van der Waals surface area (Å²) in [5.74, 6) is 0.447. The minimum Gasteiger partial charge on any atom is -0.508 e. The van der Waals surface area contributed by atoms with Gasteiger partial charge in [0.05, 0.1) is 0 Å². The Morgan fingerprint density at radius 2 is 2.04 bits per heavy atom. The number of fused-ring (bicyclic) bond motifs is 2. The summed E-state index contributed by atoms with van der Waals surface area (Å²) in [4.78, 5) is 17.0. The van der Waals surface area contributed by atoms with Crippen LogP contribution in [0.5, 0.6) is 5.75 Å². The number of Topliss-reactive ketones (excluding diaryl/α,β-unsaturated/α-hetero) is 1. The Hall–Kier alpha value is -2.20. The van der Waals surface area contributed by atoms with E-state index in [1.165, 1.54) is 0 Å². The number of hydrogen-bond donors (Lipinski definition) is 2. The number of aromatic amines is 1. The molecule has 0 fully saturated rings. The molecule has 23 heavy (non-hydrogen) atoms. The molecule has 4 heteroatoms. The van der Waals surface area contributed by atoms with Gasteiger partial charge in [0.1, 0.15) is 5.75 Å². The van der Waals surface area contributed by atoms with Crippen molar-refractivity contribution in [2.24, 2.45) is 0 Å². The van der Waals surface area contributed by atoms with E-state index < -0.39 is 0 Å². The Morgan fingerprint density at radius 1 is 1.22 bits per heavy atom. The first-order valence-corrected chi connectivity index (χ1v) is 8.52. The van der Waals surface area contributed by atoms with Crippen LogP contribution in [0.3, 0.4) is 0 Å². The lowest BCUT2D eigenvalue weighted by Crippen LogP contribution is -2.13. The first-order valence-electron chi connectivity index (χ1n) is 7.64. The summed E-state index contributed by atoms with van der Waals surface area (Å²) in [5.41, 5.74) is 5.21. The van der Waals surface area contributed by atoms with Gasteiger partial charge in [0.25, 0.3) is 0 Å². The molecule has 4 rings (SSSR count). The van der Waals surface area contributed by atoms with Crippen molar-refractivity contribution in [3.05, 3.63) is 58.8 Å². The SMILES string of the molecule is Cc1cc(C)c2c(c1)C(=O)CC(c1c[nH]c3ccc(O)cc13)S2. The number of carbonyl (C=O) groups is 1. The van der Waals surface area contributed by atoms with Gasteiger partial charge in [-0.05, 0) is 49.2 Å². The van der Waals surface area contributed by atoms with Gasteiger partial charge in [-0.2, -0.15) is 0 Å². The molecule has 2 heterocycles. The van der Waals surface area contributed by atoms with Crippen LogP contribution >= 0.6 is 11.8 Å². The van der Waals surface area contributed by atoms with Crippen LogP contribution in [0.1, 0.15) is 38.7 Å². The number of ketones is 1. The molecule has 1 aromatic heterocycles. The molecule has 1 atom stereocenters. The zero-order chi connectivity index (χ0) is 16.1. The van der Waals surface area contributed by atoms with Gasteiger partial charge < -0.3 is 10.1 Å². The fourth-order valence-electron chi connectivity index (χ4n) is 3.35. The Morgan fingerprint density at radius 3 is 2.87 bits per heavy atom. The van der Waals surface area contributed by atoms with E-state index in [0.717, 1.165) is 38.1 Å². The van der Waals surface area contributed by atoms with Gasteiger partial charge >= 0.3 is 0 Å². The average molecular weight is 323 g/mol. The number of aromatic hydroxyl groups is 1. The number of phenols is 1. The van der Waals surface area contributed by atoms with E-state index in [9.17, 15) is 9.90 Å². The summed E-state index contributed by atoms with van der Waals surface area (Å²) in [6, 6.07) is 9.43. The fraction of sp³-hybridized carbons (Fsp3) is 0.211. The van der Waals surface area contributed by atoms with E-state index in [2.05, 4.69) is 18.0 Å². The highest BCUT2D eigenvalue weighted by Gasteiger charge is 2.29. The maximum atomic E-state index is 12.6. The first-order chi connectivity index (χ1) is 11.0. The summed E-state index contributed by atoms with van der Waals surface area (Å²) >= 11 is 1.75. The van der Waals surface area contributed by atoms with E-state index in [1.807, 2.05) is 25.3 Å². The molecule has 116 valence electrons. The molecule has 0 amide bonds. The molecule has 0 radical (unpaired) electrons.